The van der Waals surface area contributed by atoms with Crippen LogP contribution in [0.25, 0.3) is 0 Å². The number of amides is 1. The second-order valence-electron chi connectivity index (χ2n) is 4.39. The maximum Gasteiger partial charge on any atom is 0.241 e. The zero-order valence-corrected chi connectivity index (χ0v) is 9.84. The SMILES string of the molecule is Cc1cccc(NC(=O)[C@H]2CCCN2)c1C. The van der Waals surface area contributed by atoms with Crippen LogP contribution in [-0.2, 0) is 4.79 Å². The number of carbonyl (C=O) groups excluding carboxylic acids is 1. The maximum atomic E-state index is 11.9. The van der Waals surface area contributed by atoms with Crippen LogP contribution in [0.1, 0.15) is 24.0 Å². The second kappa shape index (κ2) is 4.66. The Bertz CT molecular complexity index is 395. The van der Waals surface area contributed by atoms with Crippen LogP contribution in [0.4, 0.5) is 5.69 Å². The lowest BCUT2D eigenvalue weighted by molar-refractivity contribution is -0.117. The molecule has 0 bridgehead atoms. The Morgan fingerprint density at radius 1 is 1.44 bits per heavy atom. The molecule has 2 N–H and O–H groups in total. The molecule has 2 rings (SSSR count). The molecule has 0 radical (unpaired) electrons. The van der Waals surface area contributed by atoms with Gasteiger partial charge in [0, 0.05) is 5.69 Å². The highest BCUT2D eigenvalue weighted by Gasteiger charge is 2.22. The molecule has 1 fully saturated rings. The van der Waals surface area contributed by atoms with E-state index in [2.05, 4.69) is 23.6 Å². The molecule has 3 nitrogen and oxygen atoms in total. The highest BCUT2D eigenvalue weighted by molar-refractivity contribution is 5.95. The lowest BCUT2D eigenvalue weighted by atomic mass is 10.1. The molecule has 0 aliphatic carbocycles. The first-order valence-electron chi connectivity index (χ1n) is 5.79. The normalized spacial score (nSPS) is 19.8. The summed E-state index contributed by atoms with van der Waals surface area (Å²) in [4.78, 5) is 11.9. The molecule has 3 heteroatoms. The van der Waals surface area contributed by atoms with E-state index in [0.717, 1.165) is 30.6 Å². The van der Waals surface area contributed by atoms with Crippen molar-refractivity contribution in [1.82, 2.24) is 5.32 Å². The van der Waals surface area contributed by atoms with Crippen LogP contribution in [0, 0.1) is 13.8 Å². The number of aryl methyl sites for hydroxylation is 1. The van der Waals surface area contributed by atoms with Crippen molar-refractivity contribution in [2.24, 2.45) is 0 Å². The molecule has 1 aliphatic heterocycles. The third-order valence-corrected chi connectivity index (χ3v) is 3.24. The Kier molecular flexibility index (Phi) is 3.25. The van der Waals surface area contributed by atoms with Crippen LogP contribution in [-0.4, -0.2) is 18.5 Å². The van der Waals surface area contributed by atoms with Gasteiger partial charge in [-0.25, -0.2) is 0 Å². The highest BCUT2D eigenvalue weighted by Crippen LogP contribution is 2.18. The largest absolute Gasteiger partial charge is 0.324 e. The fourth-order valence-electron chi connectivity index (χ4n) is 2.01. The second-order valence-corrected chi connectivity index (χ2v) is 4.39. The monoisotopic (exact) mass is 218 g/mol. The molecule has 1 atom stereocenters. The topological polar surface area (TPSA) is 41.1 Å². The summed E-state index contributed by atoms with van der Waals surface area (Å²) in [5.41, 5.74) is 3.28. The summed E-state index contributed by atoms with van der Waals surface area (Å²) >= 11 is 0. The number of carbonyl (C=O) groups is 1. The van der Waals surface area contributed by atoms with E-state index in [1.54, 1.807) is 0 Å². The van der Waals surface area contributed by atoms with Crippen LogP contribution >= 0.6 is 0 Å². The Morgan fingerprint density at radius 3 is 2.94 bits per heavy atom. The van der Waals surface area contributed by atoms with Gasteiger partial charge in [0.15, 0.2) is 0 Å². The van der Waals surface area contributed by atoms with E-state index in [9.17, 15) is 4.79 Å². The van der Waals surface area contributed by atoms with Gasteiger partial charge in [-0.05, 0) is 50.4 Å². The summed E-state index contributed by atoms with van der Waals surface area (Å²) in [5, 5.41) is 6.19. The standard InChI is InChI=1S/C13H18N2O/c1-9-5-3-6-11(10(9)2)15-13(16)12-7-4-8-14-12/h3,5-6,12,14H,4,7-8H2,1-2H3,(H,15,16)/t12-/m1/s1. The number of hydrogen-bond acceptors (Lipinski definition) is 2. The third-order valence-electron chi connectivity index (χ3n) is 3.24. The maximum absolute atomic E-state index is 11.9. The van der Waals surface area contributed by atoms with Gasteiger partial charge in [0.05, 0.1) is 6.04 Å². The molecular formula is C13H18N2O. The summed E-state index contributed by atoms with van der Waals surface area (Å²) in [5.74, 6) is 0.0891. The average Bonchev–Trinajstić information content (AvgIpc) is 2.78. The number of rotatable bonds is 2. The first kappa shape index (κ1) is 11.1. The van der Waals surface area contributed by atoms with Crippen molar-refractivity contribution >= 4 is 11.6 Å². The van der Waals surface area contributed by atoms with Gasteiger partial charge in [-0.3, -0.25) is 4.79 Å². The van der Waals surface area contributed by atoms with Crippen molar-refractivity contribution in [1.29, 1.82) is 0 Å². The van der Waals surface area contributed by atoms with E-state index < -0.39 is 0 Å². The lowest BCUT2D eigenvalue weighted by Gasteiger charge is -2.13. The van der Waals surface area contributed by atoms with E-state index in [-0.39, 0.29) is 11.9 Å². The van der Waals surface area contributed by atoms with Crippen LogP contribution in [0.15, 0.2) is 18.2 Å². The van der Waals surface area contributed by atoms with E-state index in [0.29, 0.717) is 0 Å². The molecule has 1 saturated heterocycles. The number of nitrogens with one attached hydrogen (secondary N) is 2. The average molecular weight is 218 g/mol. The van der Waals surface area contributed by atoms with Crippen molar-refractivity contribution in [3.8, 4) is 0 Å². The molecular weight excluding hydrogens is 200 g/mol. The van der Waals surface area contributed by atoms with Gasteiger partial charge in [-0.1, -0.05) is 12.1 Å². The van der Waals surface area contributed by atoms with Crippen molar-refractivity contribution in [3.05, 3.63) is 29.3 Å². The predicted octanol–water partition coefficient (Wildman–Crippen LogP) is 1.99. The summed E-state index contributed by atoms with van der Waals surface area (Å²) in [6, 6.07) is 5.97. The first-order chi connectivity index (χ1) is 7.68. The molecule has 1 amide bonds. The Morgan fingerprint density at radius 2 is 2.25 bits per heavy atom. The minimum atomic E-state index is -0.0140. The summed E-state index contributed by atoms with van der Waals surface area (Å²) < 4.78 is 0. The van der Waals surface area contributed by atoms with Crippen molar-refractivity contribution in [3.63, 3.8) is 0 Å². The van der Waals surface area contributed by atoms with Crippen LogP contribution in [0.5, 0.6) is 0 Å². The minimum Gasteiger partial charge on any atom is -0.324 e. The van der Waals surface area contributed by atoms with E-state index in [1.807, 2.05) is 19.1 Å². The number of hydrogen-bond donors (Lipinski definition) is 2. The molecule has 1 aromatic rings. The van der Waals surface area contributed by atoms with Crippen molar-refractivity contribution < 1.29 is 4.79 Å². The van der Waals surface area contributed by atoms with Gasteiger partial charge in [-0.2, -0.15) is 0 Å². The molecule has 86 valence electrons. The number of benzene rings is 1. The van der Waals surface area contributed by atoms with Crippen LogP contribution in [0.3, 0.4) is 0 Å². The van der Waals surface area contributed by atoms with Crippen LogP contribution in [0.2, 0.25) is 0 Å². The third kappa shape index (κ3) is 2.25. The van der Waals surface area contributed by atoms with Gasteiger partial charge in [0.2, 0.25) is 5.91 Å². The zero-order chi connectivity index (χ0) is 11.5. The molecule has 1 aromatic carbocycles. The molecule has 1 aliphatic rings. The van der Waals surface area contributed by atoms with Crippen LogP contribution < -0.4 is 10.6 Å². The first-order valence-corrected chi connectivity index (χ1v) is 5.79. The van der Waals surface area contributed by atoms with E-state index in [1.165, 1.54) is 5.56 Å². The van der Waals surface area contributed by atoms with Gasteiger partial charge < -0.3 is 10.6 Å². The molecule has 0 aromatic heterocycles. The molecule has 0 unspecified atom stereocenters. The summed E-state index contributed by atoms with van der Waals surface area (Å²) in [6.07, 6.45) is 2.03. The summed E-state index contributed by atoms with van der Waals surface area (Å²) in [7, 11) is 0. The summed E-state index contributed by atoms with van der Waals surface area (Å²) in [6.45, 7) is 5.04. The molecule has 0 spiro atoms. The quantitative estimate of drug-likeness (QED) is 0.797. The molecule has 1 heterocycles. The smallest absolute Gasteiger partial charge is 0.241 e. The van der Waals surface area contributed by atoms with E-state index in [4.69, 9.17) is 0 Å². The Hall–Kier alpha value is -1.35. The van der Waals surface area contributed by atoms with Crippen molar-refractivity contribution in [2.75, 3.05) is 11.9 Å². The molecule has 0 saturated carbocycles. The fourth-order valence-corrected chi connectivity index (χ4v) is 2.01. The van der Waals surface area contributed by atoms with Crippen molar-refractivity contribution in [2.45, 2.75) is 32.7 Å². The number of anilines is 1. The highest BCUT2D eigenvalue weighted by atomic mass is 16.2. The Labute approximate surface area is 96.2 Å². The lowest BCUT2D eigenvalue weighted by Crippen LogP contribution is -2.35. The fraction of sp³-hybridized carbons (Fsp3) is 0.462. The van der Waals surface area contributed by atoms with Gasteiger partial charge in [0.1, 0.15) is 0 Å². The predicted molar refractivity (Wildman–Crippen MR) is 65.6 cm³/mol. The molecule has 16 heavy (non-hydrogen) atoms. The van der Waals surface area contributed by atoms with Gasteiger partial charge >= 0.3 is 0 Å². The van der Waals surface area contributed by atoms with Gasteiger partial charge in [-0.15, -0.1) is 0 Å². The van der Waals surface area contributed by atoms with Gasteiger partial charge in [0.25, 0.3) is 0 Å². The zero-order valence-electron chi connectivity index (χ0n) is 9.84. The minimum absolute atomic E-state index is 0.0140. The Balaban J connectivity index is 2.08. The van der Waals surface area contributed by atoms with E-state index >= 15 is 0 Å².